The van der Waals surface area contributed by atoms with Crippen molar-refractivity contribution in [2.45, 2.75) is 13.0 Å². The number of carbonyl (C=O) groups excluding carboxylic acids is 1. The lowest BCUT2D eigenvalue weighted by Crippen LogP contribution is -2.46. The van der Waals surface area contributed by atoms with E-state index in [0.29, 0.717) is 11.6 Å². The van der Waals surface area contributed by atoms with E-state index in [-0.39, 0.29) is 11.9 Å². The fourth-order valence-corrected chi connectivity index (χ4v) is 2.31. The summed E-state index contributed by atoms with van der Waals surface area (Å²) in [7, 11) is 0. The molecule has 0 aromatic carbocycles. The molecule has 1 unspecified atom stereocenters. The van der Waals surface area contributed by atoms with Gasteiger partial charge in [0.1, 0.15) is 5.76 Å². The quantitative estimate of drug-likeness (QED) is 0.775. The molecule has 0 radical (unpaired) electrons. The molecule has 2 rings (SSSR count). The molecule has 0 spiro atoms. The average molecular weight is 227 g/mol. The van der Waals surface area contributed by atoms with Crippen molar-refractivity contribution in [3.8, 4) is 0 Å². The largest absolute Gasteiger partial charge is 0.360 e. The van der Waals surface area contributed by atoms with Crippen molar-refractivity contribution >= 4 is 23.5 Å². The minimum Gasteiger partial charge on any atom is -0.360 e. The summed E-state index contributed by atoms with van der Waals surface area (Å²) in [5, 5.41) is 9.58. The number of amides is 1. The van der Waals surface area contributed by atoms with Gasteiger partial charge in [0.25, 0.3) is 0 Å². The Balaban J connectivity index is 1.91. The Labute approximate surface area is 92.0 Å². The van der Waals surface area contributed by atoms with Crippen LogP contribution in [0.15, 0.2) is 10.6 Å². The summed E-state index contributed by atoms with van der Waals surface area (Å²) >= 11 is 1.78. The summed E-state index contributed by atoms with van der Waals surface area (Å²) in [6.45, 7) is 2.66. The summed E-state index contributed by atoms with van der Waals surface area (Å²) in [4.78, 5) is 11.7. The number of thioether (sulfide) groups is 1. The van der Waals surface area contributed by atoms with E-state index in [1.54, 1.807) is 24.8 Å². The van der Waals surface area contributed by atoms with Crippen molar-refractivity contribution < 1.29 is 9.32 Å². The lowest BCUT2D eigenvalue weighted by molar-refractivity contribution is -0.117. The van der Waals surface area contributed by atoms with Crippen LogP contribution in [0.1, 0.15) is 5.76 Å². The van der Waals surface area contributed by atoms with Crippen LogP contribution in [0.3, 0.4) is 0 Å². The molecule has 1 fully saturated rings. The molecule has 0 aliphatic carbocycles. The maximum atomic E-state index is 11.7. The number of anilines is 1. The summed E-state index contributed by atoms with van der Waals surface area (Å²) in [5.74, 6) is 3.00. The fourth-order valence-electron chi connectivity index (χ4n) is 1.37. The van der Waals surface area contributed by atoms with Crippen molar-refractivity contribution in [3.63, 3.8) is 0 Å². The monoisotopic (exact) mass is 227 g/mol. The maximum absolute atomic E-state index is 11.7. The van der Waals surface area contributed by atoms with E-state index in [9.17, 15) is 4.79 Å². The Kier molecular flexibility index (Phi) is 3.27. The van der Waals surface area contributed by atoms with Crippen LogP contribution in [-0.2, 0) is 4.79 Å². The van der Waals surface area contributed by atoms with Gasteiger partial charge in [-0.25, -0.2) is 0 Å². The van der Waals surface area contributed by atoms with Crippen molar-refractivity contribution in [3.05, 3.63) is 11.8 Å². The van der Waals surface area contributed by atoms with E-state index >= 15 is 0 Å². The van der Waals surface area contributed by atoms with E-state index in [1.807, 2.05) is 0 Å². The molecule has 1 saturated heterocycles. The topological polar surface area (TPSA) is 67.2 Å². The second-order valence-electron chi connectivity index (χ2n) is 3.39. The Morgan fingerprint density at radius 2 is 2.67 bits per heavy atom. The van der Waals surface area contributed by atoms with Crippen LogP contribution in [-0.4, -0.2) is 35.2 Å². The van der Waals surface area contributed by atoms with Crippen LogP contribution in [0.25, 0.3) is 0 Å². The number of nitrogens with zero attached hydrogens (tertiary/aromatic N) is 1. The Hall–Kier alpha value is -1.01. The molecule has 2 heterocycles. The molecule has 6 heteroatoms. The van der Waals surface area contributed by atoms with Gasteiger partial charge in [-0.1, -0.05) is 5.16 Å². The molecule has 0 bridgehead atoms. The Morgan fingerprint density at radius 3 is 3.27 bits per heavy atom. The third-order valence-electron chi connectivity index (χ3n) is 2.12. The number of carbonyl (C=O) groups is 1. The first kappa shape index (κ1) is 10.5. The van der Waals surface area contributed by atoms with Gasteiger partial charge >= 0.3 is 0 Å². The molecule has 1 atom stereocenters. The zero-order valence-corrected chi connectivity index (χ0v) is 9.26. The van der Waals surface area contributed by atoms with Crippen LogP contribution in [0, 0.1) is 6.92 Å². The molecule has 82 valence electrons. The highest BCUT2D eigenvalue weighted by molar-refractivity contribution is 7.99. The van der Waals surface area contributed by atoms with E-state index in [1.165, 1.54) is 0 Å². The lowest BCUT2D eigenvalue weighted by atomic mass is 10.3. The molecule has 2 N–H and O–H groups in total. The van der Waals surface area contributed by atoms with Crippen LogP contribution in [0.2, 0.25) is 0 Å². The van der Waals surface area contributed by atoms with Gasteiger partial charge in [-0.15, -0.1) is 0 Å². The second kappa shape index (κ2) is 4.67. The zero-order valence-electron chi connectivity index (χ0n) is 8.45. The summed E-state index contributed by atoms with van der Waals surface area (Å²) in [5.41, 5.74) is 0. The number of hydrogen-bond donors (Lipinski definition) is 2. The lowest BCUT2D eigenvalue weighted by Gasteiger charge is -2.21. The number of aromatic nitrogens is 1. The van der Waals surface area contributed by atoms with Gasteiger partial charge in [0.15, 0.2) is 5.82 Å². The highest BCUT2D eigenvalue weighted by atomic mass is 32.2. The minimum absolute atomic E-state index is 0.0458. The number of hydrogen-bond acceptors (Lipinski definition) is 5. The summed E-state index contributed by atoms with van der Waals surface area (Å²) in [6, 6.07) is 1.58. The molecule has 0 saturated carbocycles. The molecule has 1 aromatic heterocycles. The third-order valence-corrected chi connectivity index (χ3v) is 3.18. The molecule has 1 aliphatic heterocycles. The summed E-state index contributed by atoms with van der Waals surface area (Å²) < 4.78 is 4.86. The van der Waals surface area contributed by atoms with Gasteiger partial charge in [0.2, 0.25) is 5.91 Å². The SMILES string of the molecule is Cc1cc(NC(=O)C2CSCCN2)no1. The molecule has 1 amide bonds. The molecule has 1 aromatic rings. The molecular weight excluding hydrogens is 214 g/mol. The van der Waals surface area contributed by atoms with Gasteiger partial charge in [0.05, 0.1) is 6.04 Å². The van der Waals surface area contributed by atoms with Gasteiger partial charge in [-0.05, 0) is 6.92 Å². The predicted octanol–water partition coefficient (Wildman–Crippen LogP) is 0.627. The van der Waals surface area contributed by atoms with Gasteiger partial charge in [-0.2, -0.15) is 11.8 Å². The van der Waals surface area contributed by atoms with E-state index in [0.717, 1.165) is 18.1 Å². The first-order valence-corrected chi connectivity index (χ1v) is 5.96. The first-order chi connectivity index (χ1) is 7.25. The van der Waals surface area contributed by atoms with Crippen LogP contribution in [0.4, 0.5) is 5.82 Å². The Bertz CT molecular complexity index is 347. The number of nitrogens with one attached hydrogen (secondary N) is 2. The van der Waals surface area contributed by atoms with E-state index in [2.05, 4.69) is 15.8 Å². The van der Waals surface area contributed by atoms with Crippen molar-refractivity contribution in [1.82, 2.24) is 10.5 Å². The van der Waals surface area contributed by atoms with Gasteiger partial charge < -0.3 is 15.2 Å². The fraction of sp³-hybridized carbons (Fsp3) is 0.556. The van der Waals surface area contributed by atoms with Crippen molar-refractivity contribution in [2.75, 3.05) is 23.4 Å². The highest BCUT2D eigenvalue weighted by Gasteiger charge is 2.21. The second-order valence-corrected chi connectivity index (χ2v) is 4.54. The minimum atomic E-state index is -0.124. The first-order valence-electron chi connectivity index (χ1n) is 4.81. The predicted molar refractivity (Wildman–Crippen MR) is 59.0 cm³/mol. The van der Waals surface area contributed by atoms with Gasteiger partial charge in [-0.3, -0.25) is 4.79 Å². The van der Waals surface area contributed by atoms with E-state index in [4.69, 9.17) is 4.52 Å². The molecule has 5 nitrogen and oxygen atoms in total. The smallest absolute Gasteiger partial charge is 0.243 e. The normalized spacial score (nSPS) is 21.3. The highest BCUT2D eigenvalue weighted by Crippen LogP contribution is 2.11. The van der Waals surface area contributed by atoms with Crippen LogP contribution >= 0.6 is 11.8 Å². The summed E-state index contributed by atoms with van der Waals surface area (Å²) in [6.07, 6.45) is 0. The van der Waals surface area contributed by atoms with Crippen molar-refractivity contribution in [2.24, 2.45) is 0 Å². The third kappa shape index (κ3) is 2.73. The average Bonchev–Trinajstić information content (AvgIpc) is 2.65. The Morgan fingerprint density at radius 1 is 1.80 bits per heavy atom. The maximum Gasteiger partial charge on any atom is 0.243 e. The van der Waals surface area contributed by atoms with E-state index < -0.39 is 0 Å². The van der Waals surface area contributed by atoms with Crippen LogP contribution in [0.5, 0.6) is 0 Å². The number of aryl methyl sites for hydroxylation is 1. The number of rotatable bonds is 2. The molecule has 15 heavy (non-hydrogen) atoms. The molecular formula is C9H13N3O2S. The zero-order chi connectivity index (χ0) is 10.7. The van der Waals surface area contributed by atoms with Crippen molar-refractivity contribution in [1.29, 1.82) is 0 Å². The molecule has 1 aliphatic rings. The van der Waals surface area contributed by atoms with Crippen LogP contribution < -0.4 is 10.6 Å². The standard InChI is InChI=1S/C9H13N3O2S/c1-6-4-8(12-14-6)11-9(13)7-5-15-3-2-10-7/h4,7,10H,2-3,5H2,1H3,(H,11,12,13). The van der Waals surface area contributed by atoms with Gasteiger partial charge in [0, 0.05) is 24.1 Å².